The zero-order chi connectivity index (χ0) is 13.5. The van der Waals surface area contributed by atoms with Crippen LogP contribution in [-0.2, 0) is 4.74 Å². The van der Waals surface area contributed by atoms with Gasteiger partial charge in [0.05, 0.1) is 6.10 Å². The van der Waals surface area contributed by atoms with Crippen molar-refractivity contribution in [1.29, 1.82) is 0 Å². The molecule has 0 spiro atoms. The van der Waals surface area contributed by atoms with Gasteiger partial charge in [0, 0.05) is 13.2 Å². The summed E-state index contributed by atoms with van der Waals surface area (Å²) in [7, 11) is 0. The van der Waals surface area contributed by atoms with E-state index in [2.05, 4.69) is 12.2 Å². The predicted molar refractivity (Wildman–Crippen MR) is 75.6 cm³/mol. The average molecular weight is 265 g/mol. The Morgan fingerprint density at radius 1 is 1.32 bits per heavy atom. The molecule has 0 aliphatic heterocycles. The van der Waals surface area contributed by atoms with Crippen LogP contribution >= 0.6 is 0 Å². The van der Waals surface area contributed by atoms with E-state index in [-0.39, 0.29) is 11.9 Å². The molecule has 0 bridgehead atoms. The zero-order valence-corrected chi connectivity index (χ0v) is 11.7. The smallest absolute Gasteiger partial charge is 0.123 e. The molecule has 0 saturated heterocycles. The van der Waals surface area contributed by atoms with Gasteiger partial charge in [-0.1, -0.05) is 38.3 Å². The molecule has 1 N–H and O–H groups in total. The molecule has 1 atom stereocenters. The summed E-state index contributed by atoms with van der Waals surface area (Å²) < 4.78 is 18.9. The highest BCUT2D eigenvalue weighted by atomic mass is 19.1. The molecular weight excluding hydrogens is 241 g/mol. The number of hydrogen-bond acceptors (Lipinski definition) is 2. The van der Waals surface area contributed by atoms with Gasteiger partial charge in [0.2, 0.25) is 0 Å². The molecule has 3 heteroatoms. The number of nitrogens with one attached hydrogen (secondary N) is 1. The Bertz CT molecular complexity index is 362. The van der Waals surface area contributed by atoms with Crippen LogP contribution in [-0.4, -0.2) is 19.7 Å². The van der Waals surface area contributed by atoms with E-state index in [0.29, 0.717) is 0 Å². The second-order valence-corrected chi connectivity index (χ2v) is 5.30. The first-order chi connectivity index (χ1) is 9.29. The number of hydrogen-bond donors (Lipinski definition) is 1. The molecule has 1 aliphatic rings. The molecular formula is C16H24FNO. The summed E-state index contributed by atoms with van der Waals surface area (Å²) in [6.07, 6.45) is 5.28. The Morgan fingerprint density at radius 3 is 2.63 bits per heavy atom. The first-order valence-electron chi connectivity index (χ1n) is 7.37. The van der Waals surface area contributed by atoms with Crippen molar-refractivity contribution in [2.45, 2.75) is 38.7 Å². The van der Waals surface area contributed by atoms with Gasteiger partial charge < -0.3 is 10.1 Å². The van der Waals surface area contributed by atoms with Crippen molar-refractivity contribution in [2.75, 3.05) is 19.7 Å². The van der Waals surface area contributed by atoms with Crippen molar-refractivity contribution in [3.05, 3.63) is 35.6 Å². The van der Waals surface area contributed by atoms with E-state index >= 15 is 0 Å². The van der Waals surface area contributed by atoms with Crippen molar-refractivity contribution in [3.63, 3.8) is 0 Å². The Labute approximate surface area is 115 Å². The molecule has 1 aromatic carbocycles. The van der Waals surface area contributed by atoms with Crippen molar-refractivity contribution in [1.82, 2.24) is 5.32 Å². The number of ether oxygens (including phenoxy) is 1. The Kier molecular flexibility index (Phi) is 5.80. The van der Waals surface area contributed by atoms with Gasteiger partial charge in [-0.05, 0) is 36.6 Å². The standard InChI is InChI=1S/C16H24FNO/c1-2-18-12-16(14-6-8-15(17)9-7-14)19-11-10-13-4-3-5-13/h6-9,13,16,18H,2-5,10-12H2,1H3. The lowest BCUT2D eigenvalue weighted by atomic mass is 9.83. The van der Waals surface area contributed by atoms with Crippen LogP contribution in [0.25, 0.3) is 0 Å². The van der Waals surface area contributed by atoms with Crippen molar-refractivity contribution in [2.24, 2.45) is 5.92 Å². The van der Waals surface area contributed by atoms with E-state index < -0.39 is 0 Å². The third-order valence-electron chi connectivity index (χ3n) is 3.89. The molecule has 0 heterocycles. The SMILES string of the molecule is CCNCC(OCCC1CCC1)c1ccc(F)cc1. The number of halogens is 1. The van der Waals surface area contributed by atoms with Crippen LogP contribution in [0.1, 0.15) is 44.3 Å². The van der Waals surface area contributed by atoms with E-state index in [1.807, 2.05) is 12.1 Å². The Balaban J connectivity index is 1.84. The molecule has 1 saturated carbocycles. The zero-order valence-electron chi connectivity index (χ0n) is 11.7. The first-order valence-corrected chi connectivity index (χ1v) is 7.37. The number of likely N-dealkylation sites (N-methyl/N-ethyl adjacent to an activating group) is 1. The Hall–Kier alpha value is -0.930. The molecule has 0 amide bonds. The molecule has 2 rings (SSSR count). The summed E-state index contributed by atoms with van der Waals surface area (Å²) in [6, 6.07) is 6.65. The molecule has 1 unspecified atom stereocenters. The predicted octanol–water partition coefficient (Wildman–Crippen LogP) is 3.68. The van der Waals surface area contributed by atoms with E-state index in [1.165, 1.54) is 31.4 Å². The fourth-order valence-electron chi connectivity index (χ4n) is 2.38. The summed E-state index contributed by atoms with van der Waals surface area (Å²) in [5.74, 6) is 0.674. The molecule has 2 nitrogen and oxygen atoms in total. The molecule has 1 aliphatic carbocycles. The quantitative estimate of drug-likeness (QED) is 0.774. The highest BCUT2D eigenvalue weighted by Gasteiger charge is 2.18. The molecule has 1 aromatic rings. The summed E-state index contributed by atoms with van der Waals surface area (Å²) in [5, 5.41) is 3.31. The van der Waals surface area contributed by atoms with Gasteiger partial charge in [0.15, 0.2) is 0 Å². The van der Waals surface area contributed by atoms with Crippen LogP contribution < -0.4 is 5.32 Å². The van der Waals surface area contributed by atoms with E-state index in [9.17, 15) is 4.39 Å². The van der Waals surface area contributed by atoms with Crippen molar-refractivity contribution >= 4 is 0 Å². The van der Waals surface area contributed by atoms with E-state index in [4.69, 9.17) is 4.74 Å². The lowest BCUT2D eigenvalue weighted by Crippen LogP contribution is -2.24. The maximum absolute atomic E-state index is 13.0. The van der Waals surface area contributed by atoms with Crippen LogP contribution in [0.5, 0.6) is 0 Å². The second-order valence-electron chi connectivity index (χ2n) is 5.30. The lowest BCUT2D eigenvalue weighted by molar-refractivity contribution is 0.0374. The Morgan fingerprint density at radius 2 is 2.05 bits per heavy atom. The fraction of sp³-hybridized carbons (Fsp3) is 0.625. The molecule has 1 fully saturated rings. The van der Waals surface area contributed by atoms with Gasteiger partial charge in [-0.3, -0.25) is 0 Å². The van der Waals surface area contributed by atoms with Gasteiger partial charge in [0.25, 0.3) is 0 Å². The van der Waals surface area contributed by atoms with Crippen molar-refractivity contribution in [3.8, 4) is 0 Å². The van der Waals surface area contributed by atoms with Crippen LogP contribution in [0.15, 0.2) is 24.3 Å². The summed E-state index contributed by atoms with van der Waals surface area (Å²) in [4.78, 5) is 0. The molecule has 106 valence electrons. The second kappa shape index (κ2) is 7.61. The highest BCUT2D eigenvalue weighted by Crippen LogP contribution is 2.30. The highest BCUT2D eigenvalue weighted by molar-refractivity contribution is 5.19. The van der Waals surface area contributed by atoms with Crippen LogP contribution in [0.2, 0.25) is 0 Å². The van der Waals surface area contributed by atoms with E-state index in [1.54, 1.807) is 0 Å². The first kappa shape index (κ1) is 14.5. The van der Waals surface area contributed by atoms with Crippen LogP contribution in [0, 0.1) is 11.7 Å². The van der Waals surface area contributed by atoms with Crippen LogP contribution in [0.4, 0.5) is 4.39 Å². The minimum absolute atomic E-state index is 0.0284. The number of benzene rings is 1. The summed E-state index contributed by atoms with van der Waals surface area (Å²) in [6.45, 7) is 4.59. The van der Waals surface area contributed by atoms with Gasteiger partial charge in [-0.2, -0.15) is 0 Å². The van der Waals surface area contributed by atoms with Gasteiger partial charge in [-0.15, -0.1) is 0 Å². The topological polar surface area (TPSA) is 21.3 Å². The molecule has 19 heavy (non-hydrogen) atoms. The third kappa shape index (κ3) is 4.59. The van der Waals surface area contributed by atoms with E-state index in [0.717, 1.165) is 37.6 Å². The molecule has 0 aromatic heterocycles. The monoisotopic (exact) mass is 265 g/mol. The number of rotatable bonds is 8. The third-order valence-corrected chi connectivity index (χ3v) is 3.89. The molecule has 0 radical (unpaired) electrons. The maximum Gasteiger partial charge on any atom is 0.123 e. The largest absolute Gasteiger partial charge is 0.372 e. The minimum Gasteiger partial charge on any atom is -0.372 e. The van der Waals surface area contributed by atoms with Gasteiger partial charge in [-0.25, -0.2) is 4.39 Å². The van der Waals surface area contributed by atoms with Gasteiger partial charge >= 0.3 is 0 Å². The summed E-state index contributed by atoms with van der Waals surface area (Å²) in [5.41, 5.74) is 1.05. The van der Waals surface area contributed by atoms with Crippen molar-refractivity contribution < 1.29 is 9.13 Å². The van der Waals surface area contributed by atoms with Gasteiger partial charge in [0.1, 0.15) is 5.82 Å². The minimum atomic E-state index is -0.194. The summed E-state index contributed by atoms with van der Waals surface area (Å²) >= 11 is 0. The van der Waals surface area contributed by atoms with Crippen LogP contribution in [0.3, 0.4) is 0 Å². The maximum atomic E-state index is 13.0. The fourth-order valence-corrected chi connectivity index (χ4v) is 2.38. The lowest BCUT2D eigenvalue weighted by Gasteiger charge is -2.26. The average Bonchev–Trinajstić information content (AvgIpc) is 2.37. The normalized spacial score (nSPS) is 17.2.